The van der Waals surface area contributed by atoms with E-state index in [9.17, 15) is 19.7 Å². The van der Waals surface area contributed by atoms with Gasteiger partial charge < -0.3 is 0 Å². The second-order valence-electron chi connectivity index (χ2n) is 5.52. The Morgan fingerprint density at radius 1 is 1.00 bits per heavy atom. The molecule has 0 N–H and O–H groups in total. The van der Waals surface area contributed by atoms with Gasteiger partial charge in [-0.1, -0.05) is 39.0 Å². The number of amides is 2. The molecule has 0 aromatic heterocycles. The summed E-state index contributed by atoms with van der Waals surface area (Å²) in [5.74, 6) is -0.763. The molecule has 0 fully saturated rings. The summed E-state index contributed by atoms with van der Waals surface area (Å²) in [4.78, 5) is 35.8. The third-order valence-electron chi connectivity index (χ3n) is 3.90. The van der Waals surface area contributed by atoms with E-state index in [1.807, 2.05) is 0 Å². The molecular weight excluding hydrogens is 284 g/mol. The van der Waals surface area contributed by atoms with E-state index in [1.165, 1.54) is 42.4 Å². The number of rotatable bonds is 8. The summed E-state index contributed by atoms with van der Waals surface area (Å²) in [6, 6.07) is 3.82. The van der Waals surface area contributed by atoms with Crippen molar-refractivity contribution in [1.82, 2.24) is 4.90 Å². The van der Waals surface area contributed by atoms with Crippen LogP contribution < -0.4 is 0 Å². The van der Waals surface area contributed by atoms with Gasteiger partial charge in [0.1, 0.15) is 0 Å². The molecule has 1 aromatic carbocycles. The SMILES string of the molecule is CCCCCCCCN1C(=O)c2ccc([N+](=O)[O-])cc2C1=O. The Kier molecular flexibility index (Phi) is 5.25. The highest BCUT2D eigenvalue weighted by Gasteiger charge is 2.36. The molecule has 0 unspecified atom stereocenters. The topological polar surface area (TPSA) is 80.5 Å². The molecule has 0 radical (unpaired) electrons. The van der Waals surface area contributed by atoms with E-state index in [1.54, 1.807) is 0 Å². The predicted octanol–water partition coefficient (Wildman–Crippen LogP) is 3.55. The number of hydrogen-bond donors (Lipinski definition) is 0. The van der Waals surface area contributed by atoms with Crippen molar-refractivity contribution in [3.63, 3.8) is 0 Å². The molecule has 0 spiro atoms. The molecule has 118 valence electrons. The van der Waals surface area contributed by atoms with Crippen molar-refractivity contribution in [2.75, 3.05) is 6.54 Å². The minimum absolute atomic E-state index is 0.144. The lowest BCUT2D eigenvalue weighted by Gasteiger charge is -2.13. The van der Waals surface area contributed by atoms with Crippen LogP contribution in [-0.4, -0.2) is 28.2 Å². The zero-order chi connectivity index (χ0) is 16.1. The summed E-state index contributed by atoms with van der Waals surface area (Å²) in [6.07, 6.45) is 6.41. The lowest BCUT2D eigenvalue weighted by Crippen LogP contribution is -2.30. The van der Waals surface area contributed by atoms with Gasteiger partial charge >= 0.3 is 0 Å². The fraction of sp³-hybridized carbons (Fsp3) is 0.500. The summed E-state index contributed by atoms with van der Waals surface area (Å²) >= 11 is 0. The maximum absolute atomic E-state index is 12.2. The van der Waals surface area contributed by atoms with E-state index in [0.29, 0.717) is 6.54 Å². The number of unbranched alkanes of at least 4 members (excludes halogenated alkanes) is 5. The van der Waals surface area contributed by atoms with Gasteiger partial charge in [0.15, 0.2) is 0 Å². The molecule has 0 saturated heterocycles. The lowest BCUT2D eigenvalue weighted by molar-refractivity contribution is -0.384. The number of nitro benzene ring substituents is 1. The van der Waals surface area contributed by atoms with Crippen LogP contribution in [0.15, 0.2) is 18.2 Å². The van der Waals surface area contributed by atoms with Gasteiger partial charge in [-0.2, -0.15) is 0 Å². The van der Waals surface area contributed by atoms with E-state index in [2.05, 4.69) is 6.92 Å². The van der Waals surface area contributed by atoms with Gasteiger partial charge in [0.2, 0.25) is 0 Å². The molecular formula is C16H20N2O4. The van der Waals surface area contributed by atoms with Crippen molar-refractivity contribution in [3.8, 4) is 0 Å². The minimum Gasteiger partial charge on any atom is -0.274 e. The van der Waals surface area contributed by atoms with Crippen LogP contribution in [0.4, 0.5) is 5.69 Å². The van der Waals surface area contributed by atoms with Crippen LogP contribution in [0.1, 0.15) is 66.2 Å². The van der Waals surface area contributed by atoms with E-state index >= 15 is 0 Å². The fourth-order valence-electron chi connectivity index (χ4n) is 2.65. The van der Waals surface area contributed by atoms with Crippen molar-refractivity contribution < 1.29 is 14.5 Å². The van der Waals surface area contributed by atoms with E-state index < -0.39 is 10.8 Å². The molecule has 1 aromatic rings. The molecule has 6 heteroatoms. The molecule has 0 bridgehead atoms. The number of hydrogen-bond acceptors (Lipinski definition) is 4. The summed E-state index contributed by atoms with van der Waals surface area (Å²) in [7, 11) is 0. The Bertz CT molecular complexity index is 598. The zero-order valence-electron chi connectivity index (χ0n) is 12.7. The molecule has 2 rings (SSSR count). The first kappa shape index (κ1) is 16.1. The van der Waals surface area contributed by atoms with Crippen molar-refractivity contribution in [2.45, 2.75) is 45.4 Å². The van der Waals surface area contributed by atoms with Crippen LogP contribution in [0.25, 0.3) is 0 Å². The standard InChI is InChI=1S/C16H20N2O4/c1-2-3-4-5-6-7-10-17-15(19)13-9-8-12(18(21)22)11-14(13)16(17)20/h8-9,11H,2-7,10H2,1H3. The largest absolute Gasteiger partial charge is 0.274 e. The lowest BCUT2D eigenvalue weighted by atomic mass is 10.1. The van der Waals surface area contributed by atoms with Gasteiger partial charge in [0, 0.05) is 18.7 Å². The molecule has 0 atom stereocenters. The molecule has 0 aliphatic carbocycles. The first-order valence-electron chi connectivity index (χ1n) is 7.71. The Morgan fingerprint density at radius 2 is 1.64 bits per heavy atom. The van der Waals surface area contributed by atoms with Crippen LogP contribution >= 0.6 is 0 Å². The van der Waals surface area contributed by atoms with Crippen LogP contribution in [0, 0.1) is 10.1 Å². The molecule has 1 heterocycles. The minimum atomic E-state index is -0.561. The average Bonchev–Trinajstić information content (AvgIpc) is 2.74. The Balaban J connectivity index is 1.97. The smallest absolute Gasteiger partial charge is 0.270 e. The number of carbonyl (C=O) groups excluding carboxylic acids is 2. The number of benzene rings is 1. The maximum Gasteiger partial charge on any atom is 0.270 e. The number of nitro groups is 1. The van der Waals surface area contributed by atoms with Crippen molar-refractivity contribution in [2.24, 2.45) is 0 Å². The second-order valence-corrected chi connectivity index (χ2v) is 5.52. The van der Waals surface area contributed by atoms with Crippen molar-refractivity contribution in [3.05, 3.63) is 39.4 Å². The third-order valence-corrected chi connectivity index (χ3v) is 3.90. The van der Waals surface area contributed by atoms with Crippen molar-refractivity contribution in [1.29, 1.82) is 0 Å². The highest BCUT2D eigenvalue weighted by molar-refractivity contribution is 6.21. The highest BCUT2D eigenvalue weighted by atomic mass is 16.6. The predicted molar refractivity (Wildman–Crippen MR) is 81.8 cm³/mol. The Morgan fingerprint density at radius 3 is 2.32 bits per heavy atom. The summed E-state index contributed by atoms with van der Waals surface area (Å²) in [5, 5.41) is 10.8. The fourth-order valence-corrected chi connectivity index (χ4v) is 2.65. The second kappa shape index (κ2) is 7.15. The van der Waals surface area contributed by atoms with Gasteiger partial charge in [-0.25, -0.2) is 0 Å². The molecule has 6 nitrogen and oxygen atoms in total. The maximum atomic E-state index is 12.2. The number of fused-ring (bicyclic) bond motifs is 1. The summed E-state index contributed by atoms with van der Waals surface area (Å²) in [6.45, 7) is 2.53. The quantitative estimate of drug-likeness (QED) is 0.318. The zero-order valence-corrected chi connectivity index (χ0v) is 12.7. The van der Waals surface area contributed by atoms with E-state index in [4.69, 9.17) is 0 Å². The van der Waals surface area contributed by atoms with Gasteiger partial charge in [-0.3, -0.25) is 24.6 Å². The number of nitrogens with zero attached hydrogens (tertiary/aromatic N) is 2. The Labute approximate surface area is 129 Å². The van der Waals surface area contributed by atoms with Crippen LogP contribution in [-0.2, 0) is 0 Å². The number of non-ortho nitro benzene ring substituents is 1. The van der Waals surface area contributed by atoms with Crippen LogP contribution in [0.5, 0.6) is 0 Å². The molecule has 1 aliphatic rings. The molecule has 1 aliphatic heterocycles. The van der Waals surface area contributed by atoms with E-state index in [0.717, 1.165) is 19.3 Å². The van der Waals surface area contributed by atoms with Gasteiger partial charge in [-0.05, 0) is 12.5 Å². The monoisotopic (exact) mass is 304 g/mol. The normalized spacial score (nSPS) is 13.6. The molecule has 2 amide bonds. The highest BCUT2D eigenvalue weighted by Crippen LogP contribution is 2.27. The number of carbonyl (C=O) groups is 2. The van der Waals surface area contributed by atoms with Crippen LogP contribution in [0.3, 0.4) is 0 Å². The third kappa shape index (κ3) is 3.32. The molecule has 22 heavy (non-hydrogen) atoms. The van der Waals surface area contributed by atoms with E-state index in [-0.39, 0.29) is 22.7 Å². The summed E-state index contributed by atoms with van der Waals surface area (Å²) in [5.41, 5.74) is 0.244. The summed E-state index contributed by atoms with van der Waals surface area (Å²) < 4.78 is 0. The molecule has 0 saturated carbocycles. The first-order valence-corrected chi connectivity index (χ1v) is 7.71. The Hall–Kier alpha value is -2.24. The average molecular weight is 304 g/mol. The van der Waals surface area contributed by atoms with Crippen molar-refractivity contribution >= 4 is 17.5 Å². The van der Waals surface area contributed by atoms with Gasteiger partial charge in [-0.15, -0.1) is 0 Å². The van der Waals surface area contributed by atoms with Gasteiger partial charge in [0.05, 0.1) is 16.1 Å². The van der Waals surface area contributed by atoms with Crippen LogP contribution in [0.2, 0.25) is 0 Å². The van der Waals surface area contributed by atoms with Gasteiger partial charge in [0.25, 0.3) is 17.5 Å². The number of imide groups is 1. The first-order chi connectivity index (χ1) is 10.6.